The maximum atomic E-state index is 10.3. The lowest BCUT2D eigenvalue weighted by Gasteiger charge is -2.03. The molecule has 0 aliphatic carbocycles. The van der Waals surface area contributed by atoms with E-state index in [-0.39, 0.29) is 0 Å². The molecule has 0 heterocycles. The molecule has 54 valence electrons. The van der Waals surface area contributed by atoms with Gasteiger partial charge in [0, 0.05) is 8.47 Å². The van der Waals surface area contributed by atoms with E-state index in [0.717, 1.165) is 3.57 Å². The van der Waals surface area contributed by atoms with Gasteiger partial charge in [0.05, 0.1) is 0 Å². The topological polar surface area (TPSA) is 40.1 Å². The average molecular weight is 267 g/mol. The highest BCUT2D eigenvalue weighted by molar-refractivity contribution is 14.1. The average Bonchev–Trinajstić information content (AvgIpc) is 1.88. The lowest BCUT2D eigenvalue weighted by atomic mass is 10.4. The Balaban J connectivity index is 3.07. The predicted octanol–water partition coefficient (Wildman–Crippen LogP) is 1.53. The molecule has 1 aromatic rings. The van der Waals surface area contributed by atoms with Crippen LogP contribution in [0.25, 0.3) is 0 Å². The van der Waals surface area contributed by atoms with Crippen LogP contribution in [-0.4, -0.2) is 8.76 Å². The van der Waals surface area contributed by atoms with Gasteiger partial charge in [-0.3, -0.25) is 4.21 Å². The van der Waals surface area contributed by atoms with Gasteiger partial charge in [0.1, 0.15) is 0 Å². The Morgan fingerprint density at radius 2 is 2.20 bits per heavy atom. The van der Waals surface area contributed by atoms with Crippen molar-refractivity contribution in [3.63, 3.8) is 0 Å². The van der Waals surface area contributed by atoms with Gasteiger partial charge < -0.3 is 4.55 Å². The lowest BCUT2D eigenvalue weighted by molar-refractivity contribution is 0.537. The minimum atomic E-state index is -2.09. The SMILES string of the molecule is O=S([O-])c1cccc(I)c1. The minimum absolute atomic E-state index is 0.340. The van der Waals surface area contributed by atoms with Crippen LogP contribution in [0.15, 0.2) is 29.2 Å². The predicted molar refractivity (Wildman–Crippen MR) is 46.3 cm³/mol. The molecule has 4 heteroatoms. The summed E-state index contributed by atoms with van der Waals surface area (Å²) in [6, 6.07) is 6.73. The number of benzene rings is 1. The second-order valence-electron chi connectivity index (χ2n) is 1.69. The van der Waals surface area contributed by atoms with Crippen molar-refractivity contribution in [2.45, 2.75) is 4.90 Å². The summed E-state index contributed by atoms with van der Waals surface area (Å²) in [5, 5.41) is 0. The van der Waals surface area contributed by atoms with Gasteiger partial charge >= 0.3 is 0 Å². The van der Waals surface area contributed by atoms with Gasteiger partial charge in [-0.05, 0) is 51.9 Å². The number of halogens is 1. The first-order valence-electron chi connectivity index (χ1n) is 2.55. The van der Waals surface area contributed by atoms with Crippen molar-refractivity contribution in [3.05, 3.63) is 27.8 Å². The molecule has 0 aromatic heterocycles. The zero-order chi connectivity index (χ0) is 7.56. The lowest BCUT2D eigenvalue weighted by Crippen LogP contribution is -1.87. The zero-order valence-electron chi connectivity index (χ0n) is 4.91. The first kappa shape index (κ1) is 8.16. The highest BCUT2D eigenvalue weighted by Gasteiger charge is 1.90. The van der Waals surface area contributed by atoms with Crippen molar-refractivity contribution in [3.8, 4) is 0 Å². The Kier molecular flexibility index (Phi) is 2.82. The Hall–Kier alpha value is 0.0600. The Morgan fingerprint density at radius 3 is 2.60 bits per heavy atom. The summed E-state index contributed by atoms with van der Waals surface area (Å²) in [5.41, 5.74) is 0. The molecule has 0 spiro atoms. The fourth-order valence-electron chi connectivity index (χ4n) is 0.571. The molecule has 0 aliphatic heterocycles. The van der Waals surface area contributed by atoms with E-state index in [4.69, 9.17) is 0 Å². The summed E-state index contributed by atoms with van der Waals surface area (Å²) < 4.78 is 21.6. The van der Waals surface area contributed by atoms with Crippen molar-refractivity contribution in [1.29, 1.82) is 0 Å². The molecule has 1 atom stereocenters. The third-order valence-electron chi connectivity index (χ3n) is 0.989. The Bertz CT molecular complexity index is 262. The van der Waals surface area contributed by atoms with E-state index in [1.165, 1.54) is 0 Å². The van der Waals surface area contributed by atoms with Gasteiger partial charge in [-0.15, -0.1) is 0 Å². The molecule has 1 unspecified atom stereocenters. The second-order valence-corrected chi connectivity index (χ2v) is 3.88. The molecular formula is C6H4IO2S-. The van der Waals surface area contributed by atoms with E-state index in [0.29, 0.717) is 4.90 Å². The highest BCUT2D eigenvalue weighted by Crippen LogP contribution is 2.09. The van der Waals surface area contributed by atoms with Gasteiger partial charge in [-0.2, -0.15) is 0 Å². The molecule has 0 saturated heterocycles. The fourth-order valence-corrected chi connectivity index (χ4v) is 1.74. The van der Waals surface area contributed by atoms with Crippen LogP contribution in [0.5, 0.6) is 0 Å². The van der Waals surface area contributed by atoms with Gasteiger partial charge in [0.25, 0.3) is 0 Å². The first-order valence-corrected chi connectivity index (χ1v) is 4.70. The molecule has 0 saturated carbocycles. The van der Waals surface area contributed by atoms with Crippen molar-refractivity contribution >= 4 is 33.7 Å². The van der Waals surface area contributed by atoms with Crippen LogP contribution in [0.4, 0.5) is 0 Å². The number of hydrogen-bond donors (Lipinski definition) is 0. The number of rotatable bonds is 1. The van der Waals surface area contributed by atoms with E-state index >= 15 is 0 Å². The van der Waals surface area contributed by atoms with Crippen LogP contribution < -0.4 is 0 Å². The molecule has 1 aromatic carbocycles. The van der Waals surface area contributed by atoms with E-state index in [1.807, 2.05) is 6.07 Å². The second kappa shape index (κ2) is 3.45. The fraction of sp³-hybridized carbons (Fsp3) is 0. The molecule has 0 N–H and O–H groups in total. The van der Waals surface area contributed by atoms with Gasteiger partial charge in [0.2, 0.25) is 0 Å². The molecule has 0 amide bonds. The largest absolute Gasteiger partial charge is 0.768 e. The maximum absolute atomic E-state index is 10.3. The normalized spacial score (nSPS) is 13.0. The van der Waals surface area contributed by atoms with Crippen LogP contribution in [0.2, 0.25) is 0 Å². The van der Waals surface area contributed by atoms with E-state index in [2.05, 4.69) is 22.6 Å². The van der Waals surface area contributed by atoms with E-state index in [1.54, 1.807) is 18.2 Å². The zero-order valence-corrected chi connectivity index (χ0v) is 7.89. The highest BCUT2D eigenvalue weighted by atomic mass is 127. The van der Waals surface area contributed by atoms with Gasteiger partial charge in [0.15, 0.2) is 0 Å². The van der Waals surface area contributed by atoms with Gasteiger partial charge in [-0.1, -0.05) is 6.07 Å². The van der Waals surface area contributed by atoms with Gasteiger partial charge in [-0.25, -0.2) is 0 Å². The number of hydrogen-bond acceptors (Lipinski definition) is 2. The van der Waals surface area contributed by atoms with Crippen molar-refractivity contribution in [2.75, 3.05) is 0 Å². The molecule has 0 fully saturated rings. The molecular weight excluding hydrogens is 263 g/mol. The molecule has 0 radical (unpaired) electrons. The third-order valence-corrected chi connectivity index (χ3v) is 2.30. The van der Waals surface area contributed by atoms with Crippen LogP contribution in [0.1, 0.15) is 0 Å². The van der Waals surface area contributed by atoms with Crippen molar-refractivity contribution < 1.29 is 8.76 Å². The van der Waals surface area contributed by atoms with E-state index < -0.39 is 11.1 Å². The first-order chi connectivity index (χ1) is 4.70. The van der Waals surface area contributed by atoms with Crippen LogP contribution in [0.3, 0.4) is 0 Å². The molecule has 0 bridgehead atoms. The Morgan fingerprint density at radius 1 is 1.50 bits per heavy atom. The van der Waals surface area contributed by atoms with Crippen LogP contribution >= 0.6 is 22.6 Å². The monoisotopic (exact) mass is 267 g/mol. The van der Waals surface area contributed by atoms with Crippen LogP contribution in [-0.2, 0) is 11.1 Å². The summed E-state index contributed by atoms with van der Waals surface area (Å²) in [4.78, 5) is 0.340. The third kappa shape index (κ3) is 2.03. The quantitative estimate of drug-likeness (QED) is 0.572. The smallest absolute Gasteiger partial charge is 0.0259 e. The maximum Gasteiger partial charge on any atom is 0.0259 e. The molecule has 1 rings (SSSR count). The summed E-state index contributed by atoms with van der Waals surface area (Å²) in [5.74, 6) is 0. The molecule has 2 nitrogen and oxygen atoms in total. The molecule has 0 aliphatic rings. The van der Waals surface area contributed by atoms with Crippen LogP contribution in [0, 0.1) is 3.57 Å². The Labute approximate surface area is 75.1 Å². The van der Waals surface area contributed by atoms with E-state index in [9.17, 15) is 8.76 Å². The minimum Gasteiger partial charge on any atom is -0.768 e. The summed E-state index contributed by atoms with van der Waals surface area (Å²) >= 11 is -0.0286. The summed E-state index contributed by atoms with van der Waals surface area (Å²) in [7, 11) is 0. The summed E-state index contributed by atoms with van der Waals surface area (Å²) in [6.07, 6.45) is 0. The summed E-state index contributed by atoms with van der Waals surface area (Å²) in [6.45, 7) is 0. The van der Waals surface area contributed by atoms with Crippen molar-refractivity contribution in [1.82, 2.24) is 0 Å². The standard InChI is InChI=1S/C6H5IO2S/c7-5-2-1-3-6(4-5)10(8)9/h1-4H,(H,8,9)/p-1. The molecule has 10 heavy (non-hydrogen) atoms. The van der Waals surface area contributed by atoms with Crippen molar-refractivity contribution in [2.24, 2.45) is 0 Å².